The quantitative estimate of drug-likeness (QED) is 0.232. The number of phenolic OH excluding ortho intramolecular Hbond substituents is 1. The van der Waals surface area contributed by atoms with Crippen molar-refractivity contribution >= 4 is 35.3 Å². The number of fused-ring (bicyclic) bond motifs is 3. The van der Waals surface area contributed by atoms with Gasteiger partial charge in [-0.25, -0.2) is 4.79 Å². The van der Waals surface area contributed by atoms with Crippen LogP contribution in [0.15, 0.2) is 35.1 Å². The van der Waals surface area contributed by atoms with Crippen molar-refractivity contribution in [3.05, 3.63) is 51.8 Å². The first-order chi connectivity index (χ1) is 15.8. The van der Waals surface area contributed by atoms with E-state index < -0.39 is 87.7 Å². The molecule has 0 heterocycles. The van der Waals surface area contributed by atoms with E-state index in [-0.39, 0.29) is 11.1 Å². The van der Waals surface area contributed by atoms with Gasteiger partial charge in [0, 0.05) is 35.5 Å². The number of ketones is 2. The Labute approximate surface area is 191 Å². The molecule has 0 radical (unpaired) electrons. The van der Waals surface area contributed by atoms with Crippen LogP contribution in [0.1, 0.15) is 36.0 Å². The van der Waals surface area contributed by atoms with Crippen LogP contribution in [0, 0.1) is 11.8 Å². The summed E-state index contributed by atoms with van der Waals surface area (Å²) in [4.78, 5) is 48.4. The van der Waals surface area contributed by atoms with Gasteiger partial charge in [-0.2, -0.15) is 0 Å². The second-order valence-corrected chi connectivity index (χ2v) is 8.62. The number of aliphatic hydroxyl groups is 4. The minimum atomic E-state index is -2.91. The van der Waals surface area contributed by atoms with Crippen LogP contribution in [0.25, 0.3) is 11.8 Å². The Bertz CT molecular complexity index is 1270. The highest BCUT2D eigenvalue weighted by atomic mass is 16.4. The zero-order valence-electron chi connectivity index (χ0n) is 17.7. The van der Waals surface area contributed by atoms with Gasteiger partial charge in [-0.3, -0.25) is 14.4 Å². The summed E-state index contributed by atoms with van der Waals surface area (Å²) in [6, 6.07) is 2.88. The summed E-state index contributed by atoms with van der Waals surface area (Å²) in [5, 5.41) is 63.6. The van der Waals surface area contributed by atoms with Crippen LogP contribution in [0.5, 0.6) is 5.75 Å². The minimum absolute atomic E-state index is 0.0152. The average molecular weight is 471 g/mol. The fraction of sp³-hybridized carbons (Fsp3) is 0.304. The molecule has 0 aromatic heterocycles. The van der Waals surface area contributed by atoms with Crippen LogP contribution >= 0.6 is 0 Å². The maximum absolute atomic E-state index is 13.5. The van der Waals surface area contributed by atoms with E-state index in [1.807, 2.05) is 0 Å². The molecule has 0 spiro atoms. The number of phenols is 1. The highest BCUT2D eigenvalue weighted by Crippen LogP contribution is 2.55. The van der Waals surface area contributed by atoms with Crippen molar-refractivity contribution in [2.75, 3.05) is 0 Å². The van der Waals surface area contributed by atoms with E-state index in [1.54, 1.807) is 6.92 Å². The predicted molar refractivity (Wildman–Crippen MR) is 114 cm³/mol. The minimum Gasteiger partial charge on any atom is -0.508 e. The Balaban J connectivity index is 1.98. The Hall–Kier alpha value is -3.96. The largest absolute Gasteiger partial charge is 0.508 e. The van der Waals surface area contributed by atoms with Crippen molar-refractivity contribution in [3.63, 3.8) is 0 Å². The van der Waals surface area contributed by atoms with E-state index in [0.29, 0.717) is 5.56 Å². The Morgan fingerprint density at radius 1 is 1.18 bits per heavy atom. The van der Waals surface area contributed by atoms with E-state index in [1.165, 1.54) is 12.1 Å². The molecule has 0 saturated heterocycles. The number of aliphatic hydroxyl groups excluding tert-OH is 3. The third-order valence-electron chi connectivity index (χ3n) is 6.94. The lowest BCUT2D eigenvalue weighted by Crippen LogP contribution is -2.63. The highest BCUT2D eigenvalue weighted by molar-refractivity contribution is 6.23. The van der Waals surface area contributed by atoms with Gasteiger partial charge in [-0.15, -0.1) is 0 Å². The van der Waals surface area contributed by atoms with Gasteiger partial charge in [0.15, 0.2) is 11.4 Å². The first-order valence-electron chi connectivity index (χ1n) is 10.3. The molecule has 1 amide bonds. The molecule has 5 atom stereocenters. The molecule has 0 bridgehead atoms. The fourth-order valence-electron chi connectivity index (χ4n) is 5.31. The lowest BCUT2D eigenvalue weighted by atomic mass is 9.55. The third-order valence-corrected chi connectivity index (χ3v) is 6.94. The highest BCUT2D eigenvalue weighted by Gasteiger charge is 2.64. The fourth-order valence-corrected chi connectivity index (χ4v) is 5.31. The maximum atomic E-state index is 13.5. The number of hydrogen-bond acceptors (Lipinski definition) is 9. The van der Waals surface area contributed by atoms with Crippen molar-refractivity contribution in [1.82, 2.24) is 0 Å². The van der Waals surface area contributed by atoms with Crippen molar-refractivity contribution < 1.29 is 49.8 Å². The number of aromatic hydroxyl groups is 1. The number of carbonyl (C=O) groups excluding carboxylic acids is 3. The Morgan fingerprint density at radius 2 is 1.82 bits per heavy atom. The lowest BCUT2D eigenvalue weighted by molar-refractivity contribution is -0.160. The Morgan fingerprint density at radius 3 is 2.41 bits per heavy atom. The summed E-state index contributed by atoms with van der Waals surface area (Å²) >= 11 is 0. The van der Waals surface area contributed by atoms with E-state index in [2.05, 4.69) is 0 Å². The van der Waals surface area contributed by atoms with Crippen LogP contribution in [0.3, 0.4) is 0 Å². The normalized spacial score (nSPS) is 30.8. The number of carbonyl (C=O) groups is 4. The van der Waals surface area contributed by atoms with Crippen molar-refractivity contribution in [2.45, 2.75) is 31.0 Å². The number of carboxylic acids is 1. The van der Waals surface area contributed by atoms with E-state index in [4.69, 9.17) is 10.8 Å². The number of aliphatic carboxylic acids is 1. The molecule has 3 aliphatic carbocycles. The molecule has 178 valence electrons. The summed E-state index contributed by atoms with van der Waals surface area (Å²) in [6.45, 7) is 1.60. The summed E-state index contributed by atoms with van der Waals surface area (Å²) in [5.74, 6) is -10.8. The molecule has 1 aromatic rings. The van der Waals surface area contributed by atoms with Gasteiger partial charge in [0.25, 0.3) is 5.91 Å². The Kier molecular flexibility index (Phi) is 5.14. The van der Waals surface area contributed by atoms with E-state index in [9.17, 15) is 44.7 Å². The molecule has 11 nitrogen and oxygen atoms in total. The molecule has 1 aromatic carbocycles. The number of Topliss-reactive ketones (excluding diaryl/α,β-unsaturated/α-hetero) is 2. The summed E-state index contributed by atoms with van der Waals surface area (Å²) in [6.07, 6.45) is -0.428. The SMILES string of the molecule is CC1c2ccc(/C=C/C(=O)O)c(O)c2C(O)=C2C(=O)C3(O)C(O)=C(C(N)=O)C(=O)CC3C(O)C21. The molecular formula is C23H21NO10. The van der Waals surface area contributed by atoms with Crippen molar-refractivity contribution in [1.29, 1.82) is 0 Å². The summed E-state index contributed by atoms with van der Waals surface area (Å²) < 4.78 is 0. The standard InChI is InChI=1S/C23H21NO10/c1-7-9-4-2-8(3-5-12(26)27)17(28)14(9)19(30)16-13(7)18(29)10-6-11(25)15(22(24)33)20(31)23(10,34)21(16)32/h2-5,7,10,13,18,28-31,34H,6H2,1H3,(H2,24,33)(H,26,27)/b5-3+. The average Bonchev–Trinajstić information content (AvgIpc) is 2.75. The summed E-state index contributed by atoms with van der Waals surface area (Å²) in [7, 11) is 0. The van der Waals surface area contributed by atoms with Gasteiger partial charge in [-0.05, 0) is 17.6 Å². The smallest absolute Gasteiger partial charge is 0.328 e. The van der Waals surface area contributed by atoms with Crippen LogP contribution < -0.4 is 5.73 Å². The molecule has 0 aliphatic heterocycles. The molecular weight excluding hydrogens is 450 g/mol. The topological polar surface area (TPSA) is 216 Å². The number of benzene rings is 1. The summed E-state index contributed by atoms with van der Waals surface area (Å²) in [5.41, 5.74) is 0.881. The molecule has 4 rings (SSSR count). The molecule has 5 unspecified atom stereocenters. The predicted octanol–water partition coefficient (Wildman–Crippen LogP) is 0.0535. The zero-order valence-corrected chi connectivity index (χ0v) is 17.7. The first-order valence-corrected chi connectivity index (χ1v) is 10.3. The van der Waals surface area contributed by atoms with E-state index >= 15 is 0 Å². The lowest BCUT2D eigenvalue weighted by Gasteiger charge is -2.50. The van der Waals surface area contributed by atoms with E-state index in [0.717, 1.165) is 12.2 Å². The van der Waals surface area contributed by atoms with Gasteiger partial charge in [-0.1, -0.05) is 19.1 Å². The van der Waals surface area contributed by atoms with Gasteiger partial charge in [0.2, 0.25) is 5.78 Å². The van der Waals surface area contributed by atoms with Crippen LogP contribution in [-0.4, -0.2) is 65.8 Å². The molecule has 8 N–H and O–H groups in total. The third kappa shape index (κ3) is 2.90. The number of rotatable bonds is 3. The second kappa shape index (κ2) is 7.54. The number of hydrogen-bond donors (Lipinski definition) is 7. The number of amides is 1. The monoisotopic (exact) mass is 471 g/mol. The van der Waals surface area contributed by atoms with Crippen molar-refractivity contribution in [3.8, 4) is 5.75 Å². The maximum Gasteiger partial charge on any atom is 0.328 e. The van der Waals surface area contributed by atoms with Gasteiger partial charge in [0.05, 0.1) is 11.7 Å². The van der Waals surface area contributed by atoms with Gasteiger partial charge < -0.3 is 36.4 Å². The molecule has 11 heteroatoms. The first kappa shape index (κ1) is 23.2. The van der Waals surface area contributed by atoms with Gasteiger partial charge >= 0.3 is 5.97 Å². The molecule has 3 aliphatic rings. The van der Waals surface area contributed by atoms with Crippen LogP contribution in [0.2, 0.25) is 0 Å². The second-order valence-electron chi connectivity index (χ2n) is 8.62. The molecule has 1 saturated carbocycles. The van der Waals surface area contributed by atoms with Crippen LogP contribution in [0.4, 0.5) is 0 Å². The van der Waals surface area contributed by atoms with Crippen LogP contribution in [-0.2, 0) is 19.2 Å². The van der Waals surface area contributed by atoms with Gasteiger partial charge in [0.1, 0.15) is 22.8 Å². The molecule has 1 fully saturated rings. The van der Waals surface area contributed by atoms with Crippen molar-refractivity contribution in [2.24, 2.45) is 17.6 Å². The number of primary amides is 1. The number of carboxylic acid groups (broad SMARTS) is 1. The molecule has 34 heavy (non-hydrogen) atoms. The zero-order chi connectivity index (χ0) is 25.3. The number of nitrogens with two attached hydrogens (primary N) is 1.